The van der Waals surface area contributed by atoms with Crippen molar-refractivity contribution in [3.8, 4) is 0 Å². The molecular weight excluding hydrogens is 250 g/mol. The van der Waals surface area contributed by atoms with E-state index in [1.54, 1.807) is 11.8 Å². The molecule has 5 heteroatoms. The van der Waals surface area contributed by atoms with Crippen molar-refractivity contribution in [3.05, 3.63) is 29.3 Å². The van der Waals surface area contributed by atoms with Crippen LogP contribution in [0.25, 0.3) is 0 Å². The molecular formula is C13H19NO3S. The molecule has 0 radical (unpaired) electrons. The van der Waals surface area contributed by atoms with Gasteiger partial charge < -0.3 is 15.2 Å². The largest absolute Gasteiger partial charge is 0.394 e. The SMILES string of the molecule is CSc1ccc(C)c(C(=O)NCCOCCO)c1. The van der Waals surface area contributed by atoms with Gasteiger partial charge in [-0.05, 0) is 30.9 Å². The average Bonchev–Trinajstić information content (AvgIpc) is 2.39. The molecule has 0 unspecified atom stereocenters. The predicted molar refractivity (Wildman–Crippen MR) is 73.2 cm³/mol. The van der Waals surface area contributed by atoms with Crippen molar-refractivity contribution in [3.63, 3.8) is 0 Å². The van der Waals surface area contributed by atoms with E-state index < -0.39 is 0 Å². The first kappa shape index (κ1) is 15.0. The van der Waals surface area contributed by atoms with Gasteiger partial charge in [-0.2, -0.15) is 0 Å². The van der Waals surface area contributed by atoms with E-state index in [2.05, 4.69) is 5.32 Å². The van der Waals surface area contributed by atoms with Gasteiger partial charge in [0.15, 0.2) is 0 Å². The van der Waals surface area contributed by atoms with Crippen molar-refractivity contribution >= 4 is 17.7 Å². The van der Waals surface area contributed by atoms with Crippen LogP contribution in [-0.4, -0.2) is 43.6 Å². The summed E-state index contributed by atoms with van der Waals surface area (Å²) in [6, 6.07) is 5.84. The summed E-state index contributed by atoms with van der Waals surface area (Å²) in [5.74, 6) is -0.0870. The van der Waals surface area contributed by atoms with Crippen molar-refractivity contribution < 1.29 is 14.6 Å². The molecule has 0 bridgehead atoms. The van der Waals surface area contributed by atoms with Gasteiger partial charge in [0.2, 0.25) is 0 Å². The third-order valence-corrected chi connectivity index (χ3v) is 3.18. The summed E-state index contributed by atoms with van der Waals surface area (Å²) >= 11 is 1.61. The standard InChI is InChI=1S/C13H19NO3S/c1-10-3-4-11(18-2)9-12(10)13(16)14-5-7-17-8-6-15/h3-4,9,15H,5-8H2,1-2H3,(H,14,16). The lowest BCUT2D eigenvalue weighted by Crippen LogP contribution is -2.28. The number of carbonyl (C=O) groups excluding carboxylic acids is 1. The van der Waals surface area contributed by atoms with Crippen molar-refractivity contribution in [2.75, 3.05) is 32.6 Å². The van der Waals surface area contributed by atoms with Crippen LogP contribution in [0, 0.1) is 6.92 Å². The van der Waals surface area contributed by atoms with E-state index >= 15 is 0 Å². The van der Waals surface area contributed by atoms with Gasteiger partial charge in [0, 0.05) is 17.0 Å². The van der Waals surface area contributed by atoms with Crippen LogP contribution in [0.2, 0.25) is 0 Å². The van der Waals surface area contributed by atoms with Gasteiger partial charge in [0.25, 0.3) is 5.91 Å². The van der Waals surface area contributed by atoms with E-state index in [9.17, 15) is 4.79 Å². The Labute approximate surface area is 112 Å². The lowest BCUT2D eigenvalue weighted by atomic mass is 10.1. The number of nitrogens with one attached hydrogen (secondary N) is 1. The predicted octanol–water partition coefficient (Wildman–Crippen LogP) is 1.46. The Morgan fingerprint density at radius 2 is 2.22 bits per heavy atom. The van der Waals surface area contributed by atoms with Gasteiger partial charge >= 0.3 is 0 Å². The molecule has 100 valence electrons. The monoisotopic (exact) mass is 269 g/mol. The van der Waals surface area contributed by atoms with Crippen LogP contribution in [0.5, 0.6) is 0 Å². The molecule has 2 N–H and O–H groups in total. The third-order valence-electron chi connectivity index (χ3n) is 2.46. The van der Waals surface area contributed by atoms with Crippen LogP contribution in [0.4, 0.5) is 0 Å². The Balaban J connectivity index is 2.50. The van der Waals surface area contributed by atoms with E-state index in [1.807, 2.05) is 31.4 Å². The number of thioether (sulfide) groups is 1. The number of rotatable bonds is 7. The normalized spacial score (nSPS) is 10.4. The molecule has 0 aliphatic carbocycles. The number of ether oxygens (including phenoxy) is 1. The summed E-state index contributed by atoms with van der Waals surface area (Å²) in [4.78, 5) is 13.0. The van der Waals surface area contributed by atoms with Gasteiger partial charge in [-0.25, -0.2) is 0 Å². The minimum absolute atomic E-state index is 0.00280. The first-order valence-electron chi connectivity index (χ1n) is 5.80. The number of amides is 1. The molecule has 1 aromatic carbocycles. The number of benzene rings is 1. The highest BCUT2D eigenvalue weighted by atomic mass is 32.2. The van der Waals surface area contributed by atoms with Crippen molar-refractivity contribution in [2.24, 2.45) is 0 Å². The molecule has 0 spiro atoms. The third kappa shape index (κ3) is 4.68. The molecule has 4 nitrogen and oxygen atoms in total. The van der Waals surface area contributed by atoms with Gasteiger partial charge in [-0.1, -0.05) is 6.07 Å². The van der Waals surface area contributed by atoms with E-state index in [1.165, 1.54) is 0 Å². The Kier molecular flexibility index (Phi) is 6.78. The Morgan fingerprint density at radius 1 is 1.44 bits per heavy atom. The Bertz CT molecular complexity index is 396. The van der Waals surface area contributed by atoms with E-state index in [4.69, 9.17) is 9.84 Å². The molecule has 0 heterocycles. The first-order chi connectivity index (χ1) is 8.69. The summed E-state index contributed by atoms with van der Waals surface area (Å²) in [7, 11) is 0. The second kappa shape index (κ2) is 8.13. The van der Waals surface area contributed by atoms with Crippen LogP contribution >= 0.6 is 11.8 Å². The Hall–Kier alpha value is -1.04. The fourth-order valence-corrected chi connectivity index (χ4v) is 1.91. The molecule has 1 amide bonds. The number of carbonyl (C=O) groups is 1. The fourth-order valence-electron chi connectivity index (χ4n) is 1.47. The molecule has 18 heavy (non-hydrogen) atoms. The number of aliphatic hydroxyl groups excluding tert-OH is 1. The second-order valence-electron chi connectivity index (χ2n) is 3.77. The van der Waals surface area contributed by atoms with Crippen LogP contribution < -0.4 is 5.32 Å². The van der Waals surface area contributed by atoms with Gasteiger partial charge in [-0.3, -0.25) is 4.79 Å². The topological polar surface area (TPSA) is 58.6 Å². The van der Waals surface area contributed by atoms with Gasteiger partial charge in [-0.15, -0.1) is 11.8 Å². The van der Waals surface area contributed by atoms with Crippen LogP contribution in [0.3, 0.4) is 0 Å². The smallest absolute Gasteiger partial charge is 0.251 e. The molecule has 0 aliphatic rings. The maximum Gasteiger partial charge on any atom is 0.251 e. The van der Waals surface area contributed by atoms with Gasteiger partial charge in [0.05, 0.1) is 19.8 Å². The zero-order valence-electron chi connectivity index (χ0n) is 10.7. The molecule has 0 saturated carbocycles. The first-order valence-corrected chi connectivity index (χ1v) is 7.03. The highest BCUT2D eigenvalue weighted by molar-refractivity contribution is 7.98. The lowest BCUT2D eigenvalue weighted by Gasteiger charge is -2.09. The van der Waals surface area contributed by atoms with Crippen LogP contribution in [0.15, 0.2) is 23.1 Å². The zero-order valence-corrected chi connectivity index (χ0v) is 11.5. The Morgan fingerprint density at radius 3 is 2.89 bits per heavy atom. The molecule has 0 aromatic heterocycles. The van der Waals surface area contributed by atoms with Crippen molar-refractivity contribution in [1.29, 1.82) is 0 Å². The summed E-state index contributed by atoms with van der Waals surface area (Å²) in [5.41, 5.74) is 1.66. The van der Waals surface area contributed by atoms with E-state index in [0.29, 0.717) is 25.3 Å². The maximum absolute atomic E-state index is 11.9. The summed E-state index contributed by atoms with van der Waals surface area (Å²) in [6.45, 7) is 3.08. The van der Waals surface area contributed by atoms with E-state index in [0.717, 1.165) is 10.5 Å². The lowest BCUT2D eigenvalue weighted by molar-refractivity contribution is 0.0837. The average molecular weight is 269 g/mol. The van der Waals surface area contributed by atoms with Crippen LogP contribution in [0.1, 0.15) is 15.9 Å². The molecule has 1 aromatic rings. The molecule has 1 rings (SSSR count). The minimum atomic E-state index is -0.0870. The van der Waals surface area contributed by atoms with Gasteiger partial charge in [0.1, 0.15) is 0 Å². The number of aliphatic hydroxyl groups is 1. The zero-order chi connectivity index (χ0) is 13.4. The fraction of sp³-hybridized carbons (Fsp3) is 0.462. The van der Waals surface area contributed by atoms with E-state index in [-0.39, 0.29) is 12.5 Å². The summed E-state index contributed by atoms with van der Waals surface area (Å²) in [5, 5.41) is 11.3. The second-order valence-corrected chi connectivity index (χ2v) is 4.65. The summed E-state index contributed by atoms with van der Waals surface area (Å²) < 4.78 is 5.08. The minimum Gasteiger partial charge on any atom is -0.394 e. The van der Waals surface area contributed by atoms with Crippen molar-refractivity contribution in [2.45, 2.75) is 11.8 Å². The highest BCUT2D eigenvalue weighted by Crippen LogP contribution is 2.18. The number of aryl methyl sites for hydroxylation is 1. The molecule has 0 fully saturated rings. The maximum atomic E-state index is 11.9. The quantitative estimate of drug-likeness (QED) is 0.581. The summed E-state index contributed by atoms with van der Waals surface area (Å²) in [6.07, 6.45) is 1.98. The van der Waals surface area contributed by atoms with Crippen molar-refractivity contribution in [1.82, 2.24) is 5.32 Å². The highest BCUT2D eigenvalue weighted by Gasteiger charge is 2.09. The molecule has 0 atom stereocenters. The van der Waals surface area contributed by atoms with Crippen LogP contribution in [-0.2, 0) is 4.74 Å². The molecule has 0 saturated heterocycles. The molecule has 0 aliphatic heterocycles. The number of hydrogen-bond acceptors (Lipinski definition) is 4. The number of hydrogen-bond donors (Lipinski definition) is 2.